The van der Waals surface area contributed by atoms with Crippen molar-refractivity contribution in [2.45, 2.75) is 33.5 Å². The molecular weight excluding hydrogens is 356 g/mol. The molecule has 2 aromatic heterocycles. The van der Waals surface area contributed by atoms with Crippen LogP contribution in [0.2, 0.25) is 0 Å². The van der Waals surface area contributed by atoms with Crippen LogP contribution in [0, 0.1) is 6.92 Å². The van der Waals surface area contributed by atoms with Gasteiger partial charge in [-0.2, -0.15) is 5.10 Å². The maximum Gasteiger partial charge on any atom is 0.194 e. The van der Waals surface area contributed by atoms with E-state index in [-0.39, 0.29) is 0 Å². The summed E-state index contributed by atoms with van der Waals surface area (Å²) in [6.45, 7) is 7.04. The van der Waals surface area contributed by atoms with Gasteiger partial charge in [0.1, 0.15) is 0 Å². The fourth-order valence-corrected chi connectivity index (χ4v) is 3.38. The fourth-order valence-electron chi connectivity index (χ4n) is 2.78. The van der Waals surface area contributed by atoms with Crippen LogP contribution in [0.5, 0.6) is 0 Å². The minimum Gasteiger partial charge on any atom is -0.357 e. The summed E-state index contributed by atoms with van der Waals surface area (Å²) in [6.07, 6.45) is 3.95. The number of thiazole rings is 1. The van der Waals surface area contributed by atoms with E-state index in [9.17, 15) is 0 Å². The lowest BCUT2D eigenvalue weighted by Crippen LogP contribution is -2.38. The Kier molecular flexibility index (Phi) is 6.59. The Labute approximate surface area is 164 Å². The highest BCUT2D eigenvalue weighted by atomic mass is 32.1. The van der Waals surface area contributed by atoms with E-state index < -0.39 is 0 Å². The lowest BCUT2D eigenvalue weighted by atomic mass is 10.2. The first-order chi connectivity index (χ1) is 13.1. The fraction of sp³-hybridized carbons (Fsp3) is 0.350. The van der Waals surface area contributed by atoms with Gasteiger partial charge in [0.05, 0.1) is 36.5 Å². The summed E-state index contributed by atoms with van der Waals surface area (Å²) in [5.74, 6) is 0.874. The smallest absolute Gasteiger partial charge is 0.194 e. The summed E-state index contributed by atoms with van der Waals surface area (Å²) in [4.78, 5) is 11.4. The molecule has 6 nitrogen and oxygen atoms in total. The summed E-state index contributed by atoms with van der Waals surface area (Å²) in [5, 5.41) is 11.0. The van der Waals surface area contributed by atoms with Gasteiger partial charge in [0.15, 0.2) is 5.96 Å². The number of aromatic nitrogens is 3. The van der Waals surface area contributed by atoms with Gasteiger partial charge in [-0.05, 0) is 19.4 Å². The zero-order valence-electron chi connectivity index (χ0n) is 16.1. The van der Waals surface area contributed by atoms with Crippen molar-refractivity contribution in [3.63, 3.8) is 0 Å². The van der Waals surface area contributed by atoms with Crippen LogP contribution in [0.4, 0.5) is 0 Å². The average molecular weight is 383 g/mol. The van der Waals surface area contributed by atoms with Crippen LogP contribution < -0.4 is 5.32 Å². The standard InChI is InChI=1S/C20H26N6S/c1-4-21-20(25(3)14-19-15-27-16(2)24-19)22-10-18-11-23-26(13-18)12-17-8-6-5-7-9-17/h5-9,11,13,15H,4,10,12,14H2,1-3H3,(H,21,22). The van der Waals surface area contributed by atoms with Crippen molar-refractivity contribution in [3.05, 3.63) is 69.9 Å². The van der Waals surface area contributed by atoms with E-state index in [2.05, 4.69) is 50.9 Å². The van der Waals surface area contributed by atoms with Crippen LogP contribution >= 0.6 is 11.3 Å². The molecule has 1 aromatic carbocycles. The van der Waals surface area contributed by atoms with Crippen molar-refractivity contribution in [1.82, 2.24) is 25.0 Å². The molecule has 0 radical (unpaired) electrons. The molecule has 142 valence electrons. The minimum atomic E-state index is 0.595. The van der Waals surface area contributed by atoms with Gasteiger partial charge in [0, 0.05) is 30.7 Å². The summed E-state index contributed by atoms with van der Waals surface area (Å²) in [6, 6.07) is 10.3. The molecule has 27 heavy (non-hydrogen) atoms. The maximum atomic E-state index is 4.76. The predicted molar refractivity (Wildman–Crippen MR) is 111 cm³/mol. The third-order valence-electron chi connectivity index (χ3n) is 4.05. The molecule has 0 atom stereocenters. The van der Waals surface area contributed by atoms with E-state index in [1.807, 2.05) is 43.0 Å². The Morgan fingerprint density at radius 1 is 1.26 bits per heavy atom. The second kappa shape index (κ2) is 9.32. The summed E-state index contributed by atoms with van der Waals surface area (Å²) >= 11 is 1.68. The van der Waals surface area contributed by atoms with Gasteiger partial charge in [-0.3, -0.25) is 4.68 Å². The molecule has 0 amide bonds. The van der Waals surface area contributed by atoms with Gasteiger partial charge >= 0.3 is 0 Å². The van der Waals surface area contributed by atoms with Gasteiger partial charge in [-0.15, -0.1) is 11.3 Å². The quantitative estimate of drug-likeness (QED) is 0.503. The van der Waals surface area contributed by atoms with Gasteiger partial charge in [0.2, 0.25) is 0 Å². The number of rotatable bonds is 7. The Balaban J connectivity index is 1.62. The van der Waals surface area contributed by atoms with E-state index in [1.165, 1.54) is 5.56 Å². The molecule has 0 fully saturated rings. The number of nitrogens with zero attached hydrogens (tertiary/aromatic N) is 5. The Bertz CT molecular complexity index is 867. The number of aryl methyl sites for hydroxylation is 1. The van der Waals surface area contributed by atoms with Crippen LogP contribution in [-0.2, 0) is 19.6 Å². The molecule has 0 saturated carbocycles. The second-order valence-electron chi connectivity index (χ2n) is 6.42. The average Bonchev–Trinajstić information content (AvgIpc) is 3.28. The van der Waals surface area contributed by atoms with E-state index in [0.717, 1.165) is 41.9 Å². The lowest BCUT2D eigenvalue weighted by Gasteiger charge is -2.21. The van der Waals surface area contributed by atoms with Gasteiger partial charge < -0.3 is 10.2 Å². The third kappa shape index (κ3) is 5.65. The number of hydrogen-bond donors (Lipinski definition) is 1. The molecule has 0 saturated heterocycles. The minimum absolute atomic E-state index is 0.595. The first kappa shape index (κ1) is 19.1. The highest BCUT2D eigenvalue weighted by Gasteiger charge is 2.09. The number of benzene rings is 1. The number of hydrogen-bond acceptors (Lipinski definition) is 4. The maximum absolute atomic E-state index is 4.76. The Morgan fingerprint density at radius 3 is 2.78 bits per heavy atom. The first-order valence-electron chi connectivity index (χ1n) is 9.09. The summed E-state index contributed by atoms with van der Waals surface area (Å²) in [7, 11) is 2.04. The Morgan fingerprint density at radius 2 is 2.07 bits per heavy atom. The monoisotopic (exact) mass is 382 g/mol. The molecule has 0 unspecified atom stereocenters. The molecule has 2 heterocycles. The zero-order valence-corrected chi connectivity index (χ0v) is 16.9. The Hall–Kier alpha value is -2.67. The van der Waals surface area contributed by atoms with Gasteiger partial charge in [-0.25, -0.2) is 9.98 Å². The van der Waals surface area contributed by atoms with Crippen LogP contribution in [0.3, 0.4) is 0 Å². The van der Waals surface area contributed by atoms with Gasteiger partial charge in [0.25, 0.3) is 0 Å². The van der Waals surface area contributed by atoms with Crippen LogP contribution in [0.15, 0.2) is 53.1 Å². The number of aliphatic imine (C=N–C) groups is 1. The van der Waals surface area contributed by atoms with Crippen LogP contribution in [0.1, 0.15) is 28.8 Å². The number of nitrogens with one attached hydrogen (secondary N) is 1. The molecule has 0 aliphatic carbocycles. The molecule has 0 bridgehead atoms. The second-order valence-corrected chi connectivity index (χ2v) is 7.48. The summed E-state index contributed by atoms with van der Waals surface area (Å²) < 4.78 is 1.95. The SMILES string of the molecule is CCNC(=NCc1cnn(Cc2ccccc2)c1)N(C)Cc1csc(C)n1. The molecular formula is C20H26N6S. The normalized spacial score (nSPS) is 11.6. The number of guanidine groups is 1. The van der Waals surface area contributed by atoms with Crippen molar-refractivity contribution in [2.24, 2.45) is 4.99 Å². The van der Waals surface area contributed by atoms with E-state index in [0.29, 0.717) is 6.54 Å². The lowest BCUT2D eigenvalue weighted by molar-refractivity contribution is 0.471. The predicted octanol–water partition coefficient (Wildman–Crippen LogP) is 3.29. The highest BCUT2D eigenvalue weighted by Crippen LogP contribution is 2.10. The van der Waals surface area contributed by atoms with Crippen molar-refractivity contribution in [3.8, 4) is 0 Å². The van der Waals surface area contributed by atoms with E-state index in [4.69, 9.17) is 4.99 Å². The molecule has 0 aliphatic rings. The van der Waals surface area contributed by atoms with Crippen LogP contribution in [-0.4, -0.2) is 39.2 Å². The zero-order chi connectivity index (χ0) is 19.1. The van der Waals surface area contributed by atoms with E-state index in [1.54, 1.807) is 11.3 Å². The molecule has 0 aliphatic heterocycles. The molecule has 0 spiro atoms. The van der Waals surface area contributed by atoms with Gasteiger partial charge in [-0.1, -0.05) is 30.3 Å². The first-order valence-corrected chi connectivity index (χ1v) is 9.97. The summed E-state index contributed by atoms with van der Waals surface area (Å²) in [5.41, 5.74) is 3.41. The van der Waals surface area contributed by atoms with Crippen molar-refractivity contribution in [1.29, 1.82) is 0 Å². The molecule has 7 heteroatoms. The van der Waals surface area contributed by atoms with Crippen molar-refractivity contribution in [2.75, 3.05) is 13.6 Å². The molecule has 1 N–H and O–H groups in total. The van der Waals surface area contributed by atoms with E-state index >= 15 is 0 Å². The van der Waals surface area contributed by atoms with Crippen molar-refractivity contribution >= 4 is 17.3 Å². The van der Waals surface area contributed by atoms with Crippen LogP contribution in [0.25, 0.3) is 0 Å². The topological polar surface area (TPSA) is 58.3 Å². The highest BCUT2D eigenvalue weighted by molar-refractivity contribution is 7.09. The third-order valence-corrected chi connectivity index (χ3v) is 4.87. The molecule has 3 rings (SSSR count). The molecule has 3 aromatic rings. The largest absolute Gasteiger partial charge is 0.357 e. The van der Waals surface area contributed by atoms with Crippen molar-refractivity contribution < 1.29 is 0 Å².